The molecule has 0 aromatic heterocycles. The minimum Gasteiger partial charge on any atom is -0.398 e. The summed E-state index contributed by atoms with van der Waals surface area (Å²) in [4.78, 5) is -0.00236. The van der Waals surface area contributed by atoms with Gasteiger partial charge in [-0.3, -0.25) is 4.72 Å². The maximum Gasteiger partial charge on any atom is 0.261 e. The zero-order valence-electron chi connectivity index (χ0n) is 11.1. The van der Waals surface area contributed by atoms with Gasteiger partial charge in [0.15, 0.2) is 0 Å². The van der Waals surface area contributed by atoms with Crippen LogP contribution in [0.2, 0.25) is 0 Å². The summed E-state index contributed by atoms with van der Waals surface area (Å²) in [6.45, 7) is 3.63. The fourth-order valence-electron chi connectivity index (χ4n) is 1.80. The highest BCUT2D eigenvalue weighted by Crippen LogP contribution is 2.25. The van der Waals surface area contributed by atoms with Crippen molar-refractivity contribution in [3.63, 3.8) is 0 Å². The van der Waals surface area contributed by atoms with E-state index in [4.69, 9.17) is 5.73 Å². The Morgan fingerprint density at radius 1 is 1.05 bits per heavy atom. The lowest BCUT2D eigenvalue weighted by atomic mass is 10.1. The molecule has 3 N–H and O–H groups in total. The Labute approximate surface area is 117 Å². The molecular formula is C14H15FN2O2S. The minimum atomic E-state index is -3.75. The summed E-state index contributed by atoms with van der Waals surface area (Å²) in [5.41, 5.74) is 8.35. The summed E-state index contributed by atoms with van der Waals surface area (Å²) in [7, 11) is -3.75. The molecule has 2 rings (SSSR count). The summed E-state index contributed by atoms with van der Waals surface area (Å²) in [6.07, 6.45) is 0. The number of hydrogen-bond donors (Lipinski definition) is 2. The minimum absolute atomic E-state index is 0.00236. The molecule has 0 aliphatic heterocycles. The predicted octanol–water partition coefficient (Wildman–Crippen LogP) is 2.83. The summed E-state index contributed by atoms with van der Waals surface area (Å²) in [6, 6.07) is 8.01. The molecule has 0 heterocycles. The van der Waals surface area contributed by atoms with Gasteiger partial charge in [-0.2, -0.15) is 0 Å². The van der Waals surface area contributed by atoms with Crippen molar-refractivity contribution in [2.45, 2.75) is 18.7 Å². The second kappa shape index (κ2) is 5.13. The van der Waals surface area contributed by atoms with E-state index in [1.165, 1.54) is 12.1 Å². The third-order valence-electron chi connectivity index (χ3n) is 2.98. The van der Waals surface area contributed by atoms with Gasteiger partial charge in [0.1, 0.15) is 5.82 Å². The molecule has 0 aliphatic carbocycles. The summed E-state index contributed by atoms with van der Waals surface area (Å²) < 4.78 is 39.7. The van der Waals surface area contributed by atoms with Gasteiger partial charge < -0.3 is 5.73 Å². The summed E-state index contributed by atoms with van der Waals surface area (Å²) in [5, 5.41) is 0. The Bertz CT molecular complexity index is 741. The summed E-state index contributed by atoms with van der Waals surface area (Å²) in [5.74, 6) is -0.486. The lowest BCUT2D eigenvalue weighted by Gasteiger charge is -2.12. The number of nitrogens with two attached hydrogens (primary N) is 1. The highest BCUT2D eigenvalue weighted by Gasteiger charge is 2.15. The fraction of sp³-hybridized carbons (Fsp3) is 0.143. The quantitative estimate of drug-likeness (QED) is 0.855. The Balaban J connectivity index is 2.38. The van der Waals surface area contributed by atoms with Crippen molar-refractivity contribution in [1.29, 1.82) is 0 Å². The largest absolute Gasteiger partial charge is 0.398 e. The van der Waals surface area contributed by atoms with Gasteiger partial charge in [0.2, 0.25) is 0 Å². The van der Waals surface area contributed by atoms with Crippen LogP contribution in [0.25, 0.3) is 0 Å². The second-order valence-corrected chi connectivity index (χ2v) is 6.27. The SMILES string of the molecule is Cc1cc(C)c(NS(=O)(=O)c2ccc(F)cc2)cc1N. The molecule has 0 atom stereocenters. The maximum absolute atomic E-state index is 12.8. The number of rotatable bonds is 3. The average Bonchev–Trinajstić information content (AvgIpc) is 2.36. The molecule has 0 unspecified atom stereocenters. The number of nitrogens with one attached hydrogen (secondary N) is 1. The van der Waals surface area contributed by atoms with Crippen LogP contribution in [0.1, 0.15) is 11.1 Å². The summed E-state index contributed by atoms with van der Waals surface area (Å²) >= 11 is 0. The molecule has 0 saturated heterocycles. The van der Waals surface area contributed by atoms with Crippen molar-refractivity contribution < 1.29 is 12.8 Å². The molecule has 6 heteroatoms. The predicted molar refractivity (Wildman–Crippen MR) is 77.5 cm³/mol. The van der Waals surface area contributed by atoms with Crippen LogP contribution in [-0.4, -0.2) is 8.42 Å². The van der Waals surface area contributed by atoms with Crippen molar-refractivity contribution in [3.8, 4) is 0 Å². The Hall–Kier alpha value is -2.08. The number of benzene rings is 2. The lowest BCUT2D eigenvalue weighted by Crippen LogP contribution is -2.14. The number of halogens is 1. The molecule has 0 bridgehead atoms. The molecule has 2 aromatic rings. The Morgan fingerprint density at radius 2 is 1.65 bits per heavy atom. The zero-order valence-corrected chi connectivity index (χ0v) is 12.0. The van der Waals surface area contributed by atoms with Crippen LogP contribution in [0.5, 0.6) is 0 Å². The first-order chi connectivity index (χ1) is 9.29. The molecule has 4 nitrogen and oxygen atoms in total. The van der Waals surface area contributed by atoms with Crippen molar-refractivity contribution in [3.05, 3.63) is 53.3 Å². The van der Waals surface area contributed by atoms with E-state index in [1.807, 2.05) is 6.92 Å². The van der Waals surface area contributed by atoms with Gasteiger partial charge in [-0.05, 0) is 55.3 Å². The van der Waals surface area contributed by atoms with Crippen LogP contribution >= 0.6 is 0 Å². The van der Waals surface area contributed by atoms with Gasteiger partial charge in [-0.1, -0.05) is 6.07 Å². The Kier molecular flexibility index (Phi) is 3.67. The third-order valence-corrected chi connectivity index (χ3v) is 4.36. The van der Waals surface area contributed by atoms with Crippen molar-refractivity contribution >= 4 is 21.4 Å². The van der Waals surface area contributed by atoms with Gasteiger partial charge in [0.05, 0.1) is 10.6 Å². The van der Waals surface area contributed by atoms with Crippen LogP contribution in [0.15, 0.2) is 41.3 Å². The highest BCUT2D eigenvalue weighted by molar-refractivity contribution is 7.92. The number of nitrogen functional groups attached to an aromatic ring is 1. The first-order valence-corrected chi connectivity index (χ1v) is 7.43. The lowest BCUT2D eigenvalue weighted by molar-refractivity contribution is 0.599. The number of sulfonamides is 1. The molecule has 0 saturated carbocycles. The molecular weight excluding hydrogens is 279 g/mol. The fourth-order valence-corrected chi connectivity index (χ4v) is 2.92. The van der Waals surface area contributed by atoms with Gasteiger partial charge in [0, 0.05) is 5.69 Å². The van der Waals surface area contributed by atoms with E-state index >= 15 is 0 Å². The van der Waals surface area contributed by atoms with E-state index in [0.29, 0.717) is 11.4 Å². The van der Waals surface area contributed by atoms with Gasteiger partial charge in [0.25, 0.3) is 10.0 Å². The molecule has 0 fully saturated rings. The zero-order chi connectivity index (χ0) is 14.9. The van der Waals surface area contributed by atoms with E-state index in [-0.39, 0.29) is 4.90 Å². The van der Waals surface area contributed by atoms with E-state index < -0.39 is 15.8 Å². The first-order valence-electron chi connectivity index (χ1n) is 5.95. The molecule has 0 spiro atoms. The standard InChI is InChI=1S/C14H15FN2O2S/c1-9-7-10(2)14(8-13(9)16)17-20(18,19)12-5-3-11(15)4-6-12/h3-8,17H,16H2,1-2H3. The van der Waals surface area contributed by atoms with Crippen LogP contribution in [0.3, 0.4) is 0 Å². The number of anilines is 2. The smallest absolute Gasteiger partial charge is 0.261 e. The normalized spacial score (nSPS) is 11.3. The average molecular weight is 294 g/mol. The van der Waals surface area contributed by atoms with Crippen LogP contribution in [0, 0.1) is 19.7 Å². The Morgan fingerprint density at radius 3 is 2.25 bits per heavy atom. The van der Waals surface area contributed by atoms with Crippen molar-refractivity contribution in [2.24, 2.45) is 0 Å². The third kappa shape index (κ3) is 2.91. The van der Waals surface area contributed by atoms with E-state index in [1.54, 1.807) is 19.1 Å². The van der Waals surface area contributed by atoms with Crippen LogP contribution in [0.4, 0.5) is 15.8 Å². The van der Waals surface area contributed by atoms with Crippen molar-refractivity contribution in [1.82, 2.24) is 0 Å². The van der Waals surface area contributed by atoms with E-state index in [2.05, 4.69) is 4.72 Å². The molecule has 106 valence electrons. The molecule has 20 heavy (non-hydrogen) atoms. The van der Waals surface area contributed by atoms with Crippen LogP contribution < -0.4 is 10.5 Å². The molecule has 2 aromatic carbocycles. The molecule has 0 amide bonds. The van der Waals surface area contributed by atoms with E-state index in [0.717, 1.165) is 23.3 Å². The van der Waals surface area contributed by atoms with E-state index in [9.17, 15) is 12.8 Å². The first kappa shape index (κ1) is 14.3. The topological polar surface area (TPSA) is 72.2 Å². The van der Waals surface area contributed by atoms with Gasteiger partial charge in [-0.15, -0.1) is 0 Å². The molecule has 0 radical (unpaired) electrons. The number of aryl methyl sites for hydroxylation is 2. The monoisotopic (exact) mass is 294 g/mol. The van der Waals surface area contributed by atoms with Gasteiger partial charge >= 0.3 is 0 Å². The maximum atomic E-state index is 12.8. The highest BCUT2D eigenvalue weighted by atomic mass is 32.2. The van der Waals surface area contributed by atoms with Crippen molar-refractivity contribution in [2.75, 3.05) is 10.5 Å². The molecule has 0 aliphatic rings. The van der Waals surface area contributed by atoms with Gasteiger partial charge in [-0.25, -0.2) is 12.8 Å². The number of hydrogen-bond acceptors (Lipinski definition) is 3. The van der Waals surface area contributed by atoms with Crippen LogP contribution in [-0.2, 0) is 10.0 Å². The second-order valence-electron chi connectivity index (χ2n) is 4.58.